The highest BCUT2D eigenvalue weighted by atomic mass is 16.4. The number of nitrogens with zero attached hydrogens (tertiary/aromatic N) is 1. The predicted molar refractivity (Wildman–Crippen MR) is 73.2 cm³/mol. The molecule has 4 heteroatoms. The molecular weight excluding hydrogens is 240 g/mol. The second-order valence-electron chi connectivity index (χ2n) is 4.39. The molecule has 0 unspecified atom stereocenters. The van der Waals surface area contributed by atoms with Crippen molar-refractivity contribution in [3.8, 4) is 11.3 Å². The minimum Gasteiger partial charge on any atom is -0.478 e. The van der Waals surface area contributed by atoms with Gasteiger partial charge in [0.2, 0.25) is 0 Å². The number of H-pyrrole nitrogens is 1. The summed E-state index contributed by atoms with van der Waals surface area (Å²) in [6, 6.07) is 11.0. The van der Waals surface area contributed by atoms with Gasteiger partial charge in [-0.25, -0.2) is 4.79 Å². The van der Waals surface area contributed by atoms with Crippen molar-refractivity contribution < 1.29 is 9.90 Å². The highest BCUT2D eigenvalue weighted by Crippen LogP contribution is 2.27. The Balaban J connectivity index is 2.26. The molecule has 0 saturated heterocycles. The van der Waals surface area contributed by atoms with Crippen molar-refractivity contribution in [2.24, 2.45) is 0 Å². The first-order chi connectivity index (χ1) is 9.16. The average molecular weight is 252 g/mol. The van der Waals surface area contributed by atoms with Crippen molar-refractivity contribution in [3.05, 3.63) is 53.9 Å². The molecular formula is C15H12N2O2. The van der Waals surface area contributed by atoms with E-state index in [0.29, 0.717) is 5.52 Å². The third kappa shape index (κ3) is 1.87. The fraction of sp³-hybridized carbons (Fsp3) is 0.0667. The molecule has 2 aromatic heterocycles. The Bertz CT molecular complexity index is 775. The quantitative estimate of drug-likeness (QED) is 0.735. The van der Waals surface area contributed by atoms with E-state index in [4.69, 9.17) is 0 Å². The monoisotopic (exact) mass is 252 g/mol. The van der Waals surface area contributed by atoms with E-state index >= 15 is 0 Å². The first kappa shape index (κ1) is 11.5. The molecule has 0 radical (unpaired) electrons. The van der Waals surface area contributed by atoms with Gasteiger partial charge in [-0.05, 0) is 31.2 Å². The largest absolute Gasteiger partial charge is 0.478 e. The summed E-state index contributed by atoms with van der Waals surface area (Å²) in [6.45, 7) is 1.93. The van der Waals surface area contributed by atoms with E-state index in [1.165, 1.54) is 0 Å². The number of pyridine rings is 1. The third-order valence-corrected chi connectivity index (χ3v) is 3.18. The molecule has 4 nitrogen and oxygen atoms in total. The van der Waals surface area contributed by atoms with Crippen molar-refractivity contribution in [1.29, 1.82) is 0 Å². The van der Waals surface area contributed by atoms with Crippen LogP contribution in [0.3, 0.4) is 0 Å². The summed E-state index contributed by atoms with van der Waals surface area (Å²) >= 11 is 0. The maximum Gasteiger partial charge on any atom is 0.337 e. The first-order valence-electron chi connectivity index (χ1n) is 5.94. The lowest BCUT2D eigenvalue weighted by atomic mass is 10.1. The van der Waals surface area contributed by atoms with Crippen molar-refractivity contribution in [1.82, 2.24) is 9.97 Å². The maximum atomic E-state index is 11.2. The lowest BCUT2D eigenvalue weighted by Crippen LogP contribution is -1.96. The maximum absolute atomic E-state index is 11.2. The fourth-order valence-electron chi connectivity index (χ4n) is 2.25. The molecule has 0 aliphatic carbocycles. The number of carboxylic acid groups (broad SMARTS) is 1. The van der Waals surface area contributed by atoms with Gasteiger partial charge in [-0.3, -0.25) is 4.98 Å². The van der Waals surface area contributed by atoms with Crippen LogP contribution in [-0.2, 0) is 0 Å². The Hall–Kier alpha value is -2.62. The molecule has 19 heavy (non-hydrogen) atoms. The van der Waals surface area contributed by atoms with E-state index in [-0.39, 0.29) is 5.56 Å². The van der Waals surface area contributed by atoms with Crippen LogP contribution in [0.25, 0.3) is 22.2 Å². The van der Waals surface area contributed by atoms with Crippen LogP contribution in [-0.4, -0.2) is 21.0 Å². The Labute approximate surface area is 109 Å². The van der Waals surface area contributed by atoms with Crippen molar-refractivity contribution in [3.63, 3.8) is 0 Å². The number of nitrogens with one attached hydrogen (secondary N) is 1. The predicted octanol–water partition coefficient (Wildman–Crippen LogP) is 3.24. The number of carbonyl (C=O) groups is 1. The molecule has 3 aromatic rings. The number of hydrogen-bond donors (Lipinski definition) is 2. The summed E-state index contributed by atoms with van der Waals surface area (Å²) in [6.07, 6.45) is 1.74. The molecule has 2 N–H and O–H groups in total. The fourth-order valence-corrected chi connectivity index (χ4v) is 2.25. The number of carboxylic acids is 1. The number of aromatic nitrogens is 2. The Kier molecular flexibility index (Phi) is 2.56. The summed E-state index contributed by atoms with van der Waals surface area (Å²) < 4.78 is 0. The molecule has 0 aliphatic heterocycles. The van der Waals surface area contributed by atoms with Gasteiger partial charge < -0.3 is 10.1 Å². The molecule has 1 aromatic carbocycles. The summed E-state index contributed by atoms with van der Waals surface area (Å²) in [5, 5.41) is 10.1. The summed E-state index contributed by atoms with van der Waals surface area (Å²) in [5.74, 6) is -0.929. The van der Waals surface area contributed by atoms with E-state index in [1.54, 1.807) is 18.3 Å². The molecule has 2 heterocycles. The zero-order valence-electron chi connectivity index (χ0n) is 10.3. The molecule has 0 aliphatic rings. The number of aromatic carboxylic acids is 1. The topological polar surface area (TPSA) is 66.0 Å². The SMILES string of the molecule is Cc1ncccc1-c1cc2cccc(C(=O)O)c2[nH]1. The molecule has 0 saturated carbocycles. The summed E-state index contributed by atoms with van der Waals surface area (Å²) in [4.78, 5) is 18.6. The van der Waals surface area contributed by atoms with Crippen LogP contribution in [0.5, 0.6) is 0 Å². The number of rotatable bonds is 2. The van der Waals surface area contributed by atoms with E-state index < -0.39 is 5.97 Å². The number of aryl methyl sites for hydroxylation is 1. The summed E-state index contributed by atoms with van der Waals surface area (Å²) in [5.41, 5.74) is 3.70. The number of fused-ring (bicyclic) bond motifs is 1. The van der Waals surface area contributed by atoms with Crippen molar-refractivity contribution >= 4 is 16.9 Å². The van der Waals surface area contributed by atoms with Crippen molar-refractivity contribution in [2.45, 2.75) is 6.92 Å². The average Bonchev–Trinajstić information content (AvgIpc) is 2.82. The minimum atomic E-state index is -0.929. The highest BCUT2D eigenvalue weighted by molar-refractivity contribution is 6.03. The third-order valence-electron chi connectivity index (χ3n) is 3.18. The summed E-state index contributed by atoms with van der Waals surface area (Å²) in [7, 11) is 0. The number of benzene rings is 1. The standard InChI is InChI=1S/C15H12N2O2/c1-9-11(6-3-7-16-9)13-8-10-4-2-5-12(15(18)19)14(10)17-13/h2-8,17H,1H3,(H,18,19). The molecule has 94 valence electrons. The van der Waals surface area contributed by atoms with Gasteiger partial charge in [0.25, 0.3) is 0 Å². The molecule has 0 spiro atoms. The molecule has 0 bridgehead atoms. The van der Waals surface area contributed by atoms with Gasteiger partial charge in [-0.1, -0.05) is 12.1 Å². The van der Waals surface area contributed by atoms with E-state index in [0.717, 1.165) is 22.3 Å². The second-order valence-corrected chi connectivity index (χ2v) is 4.39. The van der Waals surface area contributed by atoms with Gasteiger partial charge in [0.05, 0.1) is 11.1 Å². The van der Waals surface area contributed by atoms with Gasteiger partial charge in [-0.15, -0.1) is 0 Å². The van der Waals surface area contributed by atoms with Crippen LogP contribution in [0.1, 0.15) is 16.1 Å². The minimum absolute atomic E-state index is 0.283. The van der Waals surface area contributed by atoms with E-state index in [2.05, 4.69) is 9.97 Å². The number of para-hydroxylation sites is 1. The van der Waals surface area contributed by atoms with Crippen molar-refractivity contribution in [2.75, 3.05) is 0 Å². The molecule has 0 atom stereocenters. The lowest BCUT2D eigenvalue weighted by Gasteiger charge is -2.01. The molecule has 0 amide bonds. The van der Waals surface area contributed by atoms with Crippen LogP contribution < -0.4 is 0 Å². The van der Waals surface area contributed by atoms with E-state index in [1.807, 2.05) is 31.2 Å². The van der Waals surface area contributed by atoms with Crippen LogP contribution in [0.15, 0.2) is 42.6 Å². The van der Waals surface area contributed by atoms with Crippen LogP contribution in [0.4, 0.5) is 0 Å². The van der Waals surface area contributed by atoms with E-state index in [9.17, 15) is 9.90 Å². The zero-order valence-corrected chi connectivity index (χ0v) is 10.3. The van der Waals surface area contributed by atoms with Gasteiger partial charge >= 0.3 is 5.97 Å². The highest BCUT2D eigenvalue weighted by Gasteiger charge is 2.12. The molecule has 0 fully saturated rings. The van der Waals surface area contributed by atoms with Gasteiger partial charge in [0.15, 0.2) is 0 Å². The zero-order chi connectivity index (χ0) is 13.4. The lowest BCUT2D eigenvalue weighted by molar-refractivity contribution is 0.0699. The Morgan fingerprint density at radius 2 is 2.11 bits per heavy atom. The number of hydrogen-bond acceptors (Lipinski definition) is 2. The Morgan fingerprint density at radius 3 is 2.84 bits per heavy atom. The smallest absolute Gasteiger partial charge is 0.337 e. The van der Waals surface area contributed by atoms with Crippen LogP contribution >= 0.6 is 0 Å². The Morgan fingerprint density at radius 1 is 1.26 bits per heavy atom. The normalized spacial score (nSPS) is 10.8. The second kappa shape index (κ2) is 4.24. The molecule has 3 rings (SSSR count). The van der Waals surface area contributed by atoms with Crippen LogP contribution in [0, 0.1) is 6.92 Å². The van der Waals surface area contributed by atoms with Gasteiger partial charge in [0.1, 0.15) is 0 Å². The van der Waals surface area contributed by atoms with Crippen LogP contribution in [0.2, 0.25) is 0 Å². The van der Waals surface area contributed by atoms with Gasteiger partial charge in [-0.2, -0.15) is 0 Å². The number of aromatic amines is 1. The van der Waals surface area contributed by atoms with Gasteiger partial charge in [0, 0.05) is 28.5 Å². The first-order valence-corrected chi connectivity index (χ1v) is 5.94.